The molecule has 0 aliphatic carbocycles. The molecule has 2 aromatic carbocycles. The van der Waals surface area contributed by atoms with Crippen LogP contribution in [0, 0.1) is 0 Å². The van der Waals surface area contributed by atoms with Crippen LogP contribution in [0.2, 0.25) is 5.02 Å². The monoisotopic (exact) mass is 381 g/mol. The maximum atomic E-state index is 12.3. The van der Waals surface area contributed by atoms with E-state index < -0.39 is 0 Å². The van der Waals surface area contributed by atoms with E-state index in [1.165, 1.54) is 11.6 Å². The topological polar surface area (TPSA) is 68.0 Å². The number of hydrogen-bond donors (Lipinski definition) is 1. The Hall–Kier alpha value is -2.92. The third kappa shape index (κ3) is 4.44. The second kappa shape index (κ2) is 8.64. The molecule has 0 fully saturated rings. The van der Waals surface area contributed by atoms with Crippen LogP contribution in [-0.4, -0.2) is 16.2 Å². The predicted molar refractivity (Wildman–Crippen MR) is 108 cm³/mol. The van der Waals surface area contributed by atoms with Crippen molar-refractivity contribution in [1.82, 2.24) is 10.3 Å². The van der Waals surface area contributed by atoms with Gasteiger partial charge < -0.3 is 5.32 Å². The number of aryl methyl sites for hydroxylation is 2. The van der Waals surface area contributed by atoms with Gasteiger partial charge in [0.1, 0.15) is 0 Å². The number of nitrogens with one attached hydrogen (secondary N) is 1. The van der Waals surface area contributed by atoms with Gasteiger partial charge >= 0.3 is 0 Å². The molecule has 0 saturated heterocycles. The van der Waals surface area contributed by atoms with Crippen molar-refractivity contribution in [2.45, 2.75) is 26.7 Å². The summed E-state index contributed by atoms with van der Waals surface area (Å²) in [7, 11) is 0. The molecule has 1 N–H and O–H groups in total. The molecule has 27 heavy (non-hydrogen) atoms. The van der Waals surface area contributed by atoms with E-state index in [0.717, 1.165) is 29.5 Å². The smallest absolute Gasteiger partial charge is 0.249 e. The molecule has 0 atom stereocenters. The fourth-order valence-corrected chi connectivity index (χ4v) is 2.95. The van der Waals surface area contributed by atoms with Gasteiger partial charge in [0.15, 0.2) is 5.69 Å². The van der Waals surface area contributed by atoms with Crippen molar-refractivity contribution >= 4 is 29.4 Å². The molecule has 1 amide bonds. The average Bonchev–Trinajstić information content (AvgIpc) is 3.14. The molecule has 1 heterocycles. The van der Waals surface area contributed by atoms with E-state index in [-0.39, 0.29) is 5.91 Å². The molecule has 0 aliphatic rings. The highest BCUT2D eigenvalue weighted by Crippen LogP contribution is 2.29. The second-order valence-corrected chi connectivity index (χ2v) is 6.41. The molecule has 138 valence electrons. The van der Waals surface area contributed by atoms with Gasteiger partial charge in [-0.1, -0.05) is 55.8 Å². The Bertz CT molecular complexity index is 979. The number of anilines is 1. The highest BCUT2D eigenvalue weighted by atomic mass is 35.5. The van der Waals surface area contributed by atoms with Crippen molar-refractivity contribution < 1.29 is 9.42 Å². The molecule has 0 bridgehead atoms. The van der Waals surface area contributed by atoms with Crippen LogP contribution >= 0.6 is 11.6 Å². The van der Waals surface area contributed by atoms with Gasteiger partial charge in [0.25, 0.3) is 0 Å². The molecule has 0 saturated carbocycles. The summed E-state index contributed by atoms with van der Waals surface area (Å²) < 4.78 is 4.90. The zero-order valence-electron chi connectivity index (χ0n) is 15.2. The Kier molecular flexibility index (Phi) is 6.04. The summed E-state index contributed by atoms with van der Waals surface area (Å²) in [4.78, 5) is 12.3. The third-order valence-electron chi connectivity index (χ3n) is 4.27. The number of amides is 1. The molecule has 6 heteroatoms. The Labute approximate surface area is 163 Å². The lowest BCUT2D eigenvalue weighted by Crippen LogP contribution is -2.09. The Morgan fingerprint density at radius 3 is 2.70 bits per heavy atom. The molecular formula is C21H20ClN3O2. The maximum absolute atomic E-state index is 12.3. The molecule has 5 nitrogen and oxygen atoms in total. The minimum Gasteiger partial charge on any atom is -0.302 e. The van der Waals surface area contributed by atoms with Crippen molar-refractivity contribution in [2.75, 3.05) is 5.32 Å². The number of carbonyl (C=O) groups is 1. The SMILES string of the molecule is CCc1ccc(CC)c(-c2nonc2NC(=O)/C=C/c2ccccc2Cl)c1. The van der Waals surface area contributed by atoms with Gasteiger partial charge in [-0.15, -0.1) is 0 Å². The Morgan fingerprint density at radius 2 is 1.96 bits per heavy atom. The number of nitrogens with zero attached hydrogens (tertiary/aromatic N) is 2. The van der Waals surface area contributed by atoms with Crippen molar-refractivity contribution in [1.29, 1.82) is 0 Å². The highest BCUT2D eigenvalue weighted by Gasteiger charge is 2.17. The predicted octanol–water partition coefficient (Wildman–Crippen LogP) is 5.17. The molecular weight excluding hydrogens is 362 g/mol. The summed E-state index contributed by atoms with van der Waals surface area (Å²) in [5.41, 5.74) is 4.51. The van der Waals surface area contributed by atoms with E-state index >= 15 is 0 Å². The molecule has 3 rings (SSSR count). The van der Waals surface area contributed by atoms with Crippen molar-refractivity contribution in [3.8, 4) is 11.3 Å². The fourth-order valence-electron chi connectivity index (χ4n) is 2.75. The largest absolute Gasteiger partial charge is 0.302 e. The van der Waals surface area contributed by atoms with Crippen LogP contribution in [0.4, 0.5) is 5.82 Å². The summed E-state index contributed by atoms with van der Waals surface area (Å²) in [6, 6.07) is 13.5. The van der Waals surface area contributed by atoms with E-state index in [1.807, 2.05) is 18.2 Å². The quantitative estimate of drug-likeness (QED) is 0.598. The fraction of sp³-hybridized carbons (Fsp3) is 0.190. The first kappa shape index (κ1) is 18.9. The number of rotatable bonds is 6. The van der Waals surface area contributed by atoms with E-state index in [0.29, 0.717) is 16.5 Å². The lowest BCUT2D eigenvalue weighted by atomic mass is 9.98. The molecule has 3 aromatic rings. The van der Waals surface area contributed by atoms with Gasteiger partial charge in [-0.05, 0) is 58.1 Å². The zero-order valence-corrected chi connectivity index (χ0v) is 16.0. The van der Waals surface area contributed by atoms with Gasteiger partial charge in [-0.25, -0.2) is 4.63 Å². The highest BCUT2D eigenvalue weighted by molar-refractivity contribution is 6.32. The number of halogens is 1. The van der Waals surface area contributed by atoms with E-state index in [4.69, 9.17) is 16.2 Å². The summed E-state index contributed by atoms with van der Waals surface area (Å²) in [5, 5.41) is 11.2. The first-order chi connectivity index (χ1) is 13.1. The van der Waals surface area contributed by atoms with Crippen LogP contribution in [0.15, 0.2) is 53.2 Å². The third-order valence-corrected chi connectivity index (χ3v) is 4.61. The minimum atomic E-state index is -0.337. The normalized spacial score (nSPS) is 11.1. The van der Waals surface area contributed by atoms with Crippen molar-refractivity contribution in [3.05, 3.63) is 70.3 Å². The van der Waals surface area contributed by atoms with Gasteiger partial charge in [-0.2, -0.15) is 0 Å². The average molecular weight is 382 g/mol. The Morgan fingerprint density at radius 1 is 1.15 bits per heavy atom. The van der Waals surface area contributed by atoms with Crippen molar-refractivity contribution in [3.63, 3.8) is 0 Å². The number of hydrogen-bond acceptors (Lipinski definition) is 4. The molecule has 0 unspecified atom stereocenters. The van der Waals surface area contributed by atoms with Crippen LogP contribution in [0.3, 0.4) is 0 Å². The van der Waals surface area contributed by atoms with E-state index in [2.05, 4.69) is 47.7 Å². The van der Waals surface area contributed by atoms with Crippen LogP contribution in [0.1, 0.15) is 30.5 Å². The van der Waals surface area contributed by atoms with Crippen LogP contribution in [0.25, 0.3) is 17.3 Å². The molecule has 1 aromatic heterocycles. The standard InChI is InChI=1S/C21H20ClN3O2/c1-3-14-9-10-15(4-2)17(13-14)20-21(25-27-24-20)23-19(26)12-11-16-7-5-6-8-18(16)22/h5-13H,3-4H2,1-2H3,(H,23,25,26)/b12-11+. The number of carbonyl (C=O) groups excluding carboxylic acids is 1. The first-order valence-corrected chi connectivity index (χ1v) is 9.18. The summed E-state index contributed by atoms with van der Waals surface area (Å²) >= 11 is 6.10. The molecule has 0 aliphatic heterocycles. The minimum absolute atomic E-state index is 0.298. The van der Waals surface area contributed by atoms with Crippen LogP contribution in [-0.2, 0) is 17.6 Å². The van der Waals surface area contributed by atoms with Gasteiger partial charge in [-0.3, -0.25) is 4.79 Å². The Balaban J connectivity index is 1.84. The van der Waals surface area contributed by atoms with Gasteiger partial charge in [0, 0.05) is 16.7 Å². The van der Waals surface area contributed by atoms with Crippen LogP contribution in [0.5, 0.6) is 0 Å². The van der Waals surface area contributed by atoms with Crippen LogP contribution < -0.4 is 5.32 Å². The second-order valence-electron chi connectivity index (χ2n) is 6.00. The number of benzene rings is 2. The van der Waals surface area contributed by atoms with Gasteiger partial charge in [0.2, 0.25) is 11.7 Å². The number of aromatic nitrogens is 2. The lowest BCUT2D eigenvalue weighted by Gasteiger charge is -2.08. The van der Waals surface area contributed by atoms with E-state index in [9.17, 15) is 4.79 Å². The van der Waals surface area contributed by atoms with Gasteiger partial charge in [0.05, 0.1) is 0 Å². The lowest BCUT2D eigenvalue weighted by molar-refractivity contribution is -0.111. The summed E-state index contributed by atoms with van der Waals surface area (Å²) in [5.74, 6) is -0.0386. The van der Waals surface area contributed by atoms with E-state index in [1.54, 1.807) is 12.1 Å². The molecule has 0 spiro atoms. The molecule has 0 radical (unpaired) electrons. The summed E-state index contributed by atoms with van der Waals surface area (Å²) in [6.45, 7) is 4.16. The zero-order chi connectivity index (χ0) is 19.2. The maximum Gasteiger partial charge on any atom is 0.249 e. The van der Waals surface area contributed by atoms with Crippen molar-refractivity contribution in [2.24, 2.45) is 0 Å². The first-order valence-electron chi connectivity index (χ1n) is 8.80. The summed E-state index contributed by atoms with van der Waals surface area (Å²) in [6.07, 6.45) is 4.80.